The second kappa shape index (κ2) is 6.48. The lowest BCUT2D eigenvalue weighted by atomic mass is 9.80. The van der Waals surface area contributed by atoms with E-state index in [9.17, 15) is 0 Å². The molecule has 24 heavy (non-hydrogen) atoms. The van der Waals surface area contributed by atoms with Gasteiger partial charge >= 0.3 is 0 Å². The van der Waals surface area contributed by atoms with Crippen LogP contribution in [0.1, 0.15) is 40.5 Å². The minimum Gasteiger partial charge on any atom is -0.177 e. The van der Waals surface area contributed by atoms with E-state index in [0.29, 0.717) is 0 Å². The molecule has 0 aromatic carbocycles. The summed E-state index contributed by atoms with van der Waals surface area (Å²) in [6.07, 6.45) is 14.7. The molecule has 0 radical (unpaired) electrons. The molecule has 0 amide bonds. The molecule has 2 aliphatic rings. The zero-order valence-corrected chi connectivity index (χ0v) is 20.0. The molecule has 1 unspecified atom stereocenters. The summed E-state index contributed by atoms with van der Waals surface area (Å²) in [4.78, 5) is 0. The highest BCUT2D eigenvalue weighted by atomic mass is 32.4. The highest BCUT2D eigenvalue weighted by Gasteiger charge is 2.55. The van der Waals surface area contributed by atoms with Crippen LogP contribution in [-0.4, -0.2) is 19.7 Å². The van der Waals surface area contributed by atoms with Gasteiger partial charge in [-0.1, -0.05) is 100 Å². The van der Waals surface area contributed by atoms with Gasteiger partial charge in [-0.15, -0.1) is 0 Å². The van der Waals surface area contributed by atoms with Crippen molar-refractivity contribution >= 4 is 26.5 Å². The molecule has 0 heterocycles. The summed E-state index contributed by atoms with van der Waals surface area (Å²) in [6, 6.07) is 0. The molecule has 1 atom stereocenters. The smallest absolute Gasteiger partial charge is 0.109 e. The highest BCUT2D eigenvalue weighted by Crippen LogP contribution is 2.57. The first-order chi connectivity index (χ1) is 10.8. The number of rotatable bonds is 4. The van der Waals surface area contributed by atoms with Gasteiger partial charge in [-0.2, -0.15) is 11.2 Å². The molecule has 0 N–H and O–H groups in total. The van der Waals surface area contributed by atoms with Crippen LogP contribution in [-0.2, 0) is 0 Å². The van der Waals surface area contributed by atoms with E-state index in [1.165, 1.54) is 12.0 Å². The Labute approximate surface area is 156 Å². The van der Waals surface area contributed by atoms with Crippen molar-refractivity contribution in [3.63, 3.8) is 0 Å². The maximum Gasteiger partial charge on any atom is 0.109 e. The van der Waals surface area contributed by atoms with Crippen molar-refractivity contribution in [3.8, 4) is 0 Å². The third kappa shape index (κ3) is 3.78. The molecule has 0 saturated heterocycles. The molecule has 0 aromatic rings. The lowest BCUT2D eigenvalue weighted by Crippen LogP contribution is -2.59. The van der Waals surface area contributed by atoms with Gasteiger partial charge in [0, 0.05) is 4.37 Å². The average molecular weight is 377 g/mol. The van der Waals surface area contributed by atoms with E-state index in [-0.39, 0.29) is 9.79 Å². The second-order valence-electron chi connectivity index (χ2n) is 9.92. The summed E-state index contributed by atoms with van der Waals surface area (Å²) in [5.41, 5.74) is 3.36. The van der Waals surface area contributed by atoms with Gasteiger partial charge in [0.15, 0.2) is 0 Å². The predicted octanol–water partition coefficient (Wildman–Crippen LogP) is 7.29. The SMILES string of the molecule is CC1=CCC(S[Si](C)(C)C)([Si](C)(C)C2=CCC=C2)C(C(C)(C)C)=C1. The van der Waals surface area contributed by atoms with Crippen LogP contribution in [0, 0.1) is 5.41 Å². The molecule has 2 rings (SSSR count). The van der Waals surface area contributed by atoms with Crippen LogP contribution in [0.2, 0.25) is 32.7 Å². The monoisotopic (exact) mass is 376 g/mol. The average Bonchev–Trinajstić information content (AvgIpc) is 2.92. The van der Waals surface area contributed by atoms with Gasteiger partial charge in [-0.3, -0.25) is 0 Å². The van der Waals surface area contributed by atoms with E-state index >= 15 is 0 Å². The normalized spacial score (nSPS) is 25.5. The molecule has 2 aliphatic carbocycles. The Morgan fingerprint density at radius 1 is 1.04 bits per heavy atom. The van der Waals surface area contributed by atoms with E-state index in [0.717, 1.165) is 6.42 Å². The van der Waals surface area contributed by atoms with E-state index < -0.39 is 15.3 Å². The summed E-state index contributed by atoms with van der Waals surface area (Å²) in [7, 11) is -2.96. The third-order valence-corrected chi connectivity index (χ3v) is 16.3. The van der Waals surface area contributed by atoms with Crippen molar-refractivity contribution in [3.05, 3.63) is 46.7 Å². The van der Waals surface area contributed by atoms with Gasteiger partial charge < -0.3 is 0 Å². The molecule has 3 heteroatoms. The minimum absolute atomic E-state index is 0.218. The van der Waals surface area contributed by atoms with Crippen molar-refractivity contribution in [1.82, 2.24) is 0 Å². The molecule has 0 bridgehead atoms. The Balaban J connectivity index is 2.69. The van der Waals surface area contributed by atoms with Gasteiger partial charge in [0.2, 0.25) is 0 Å². The summed E-state index contributed by atoms with van der Waals surface area (Å²) < 4.78 is 0.287. The fraction of sp³-hybridized carbons (Fsp3) is 0.619. The van der Waals surface area contributed by atoms with Gasteiger partial charge in [-0.25, -0.2) is 0 Å². The van der Waals surface area contributed by atoms with Crippen LogP contribution in [0.15, 0.2) is 46.7 Å². The molecule has 0 saturated carbocycles. The maximum atomic E-state index is 2.62. The van der Waals surface area contributed by atoms with Crippen molar-refractivity contribution in [2.75, 3.05) is 0 Å². The molecule has 0 fully saturated rings. The zero-order valence-electron chi connectivity index (χ0n) is 17.2. The predicted molar refractivity (Wildman–Crippen MR) is 119 cm³/mol. The van der Waals surface area contributed by atoms with Crippen LogP contribution in [0.5, 0.6) is 0 Å². The molecular weight excluding hydrogens is 340 g/mol. The van der Waals surface area contributed by atoms with Crippen molar-refractivity contribution in [1.29, 1.82) is 0 Å². The first-order valence-corrected chi connectivity index (χ1v) is 17.3. The van der Waals surface area contributed by atoms with Crippen LogP contribution in [0.3, 0.4) is 0 Å². The lowest BCUT2D eigenvalue weighted by molar-refractivity contribution is 0.470. The maximum absolute atomic E-state index is 2.62. The van der Waals surface area contributed by atoms with Gasteiger partial charge in [-0.05, 0) is 25.2 Å². The Kier molecular flexibility index (Phi) is 5.41. The third-order valence-electron chi connectivity index (χ3n) is 5.31. The van der Waals surface area contributed by atoms with E-state index in [1.807, 2.05) is 0 Å². The first kappa shape index (κ1) is 20.1. The largest absolute Gasteiger partial charge is 0.177 e. The van der Waals surface area contributed by atoms with Crippen molar-refractivity contribution in [2.45, 2.75) is 77.6 Å². The number of allylic oxidation sites excluding steroid dienone is 7. The summed E-state index contributed by atoms with van der Waals surface area (Å²) in [6.45, 7) is 22.3. The van der Waals surface area contributed by atoms with Crippen molar-refractivity contribution in [2.24, 2.45) is 5.41 Å². The molecule has 0 aliphatic heterocycles. The van der Waals surface area contributed by atoms with Gasteiger partial charge in [0.1, 0.15) is 15.3 Å². The highest BCUT2D eigenvalue weighted by molar-refractivity contribution is 8.30. The van der Waals surface area contributed by atoms with Crippen LogP contribution < -0.4 is 0 Å². The molecule has 0 spiro atoms. The number of hydrogen-bond donors (Lipinski definition) is 0. The van der Waals surface area contributed by atoms with E-state index in [4.69, 9.17) is 0 Å². The Bertz CT molecular complexity index is 621. The first-order valence-electron chi connectivity index (χ1n) is 9.26. The second-order valence-corrected chi connectivity index (χ2v) is 24.4. The van der Waals surface area contributed by atoms with Crippen molar-refractivity contribution < 1.29 is 0 Å². The molecule has 0 nitrogen and oxygen atoms in total. The fourth-order valence-corrected chi connectivity index (χ4v) is 19.3. The van der Waals surface area contributed by atoms with Crippen LogP contribution in [0.4, 0.5) is 0 Å². The summed E-state index contributed by atoms with van der Waals surface area (Å²) >= 11 is 2.37. The van der Waals surface area contributed by atoms with Crippen LogP contribution >= 0.6 is 11.2 Å². The minimum atomic E-state index is -1.67. The van der Waals surface area contributed by atoms with E-state index in [2.05, 4.69) is 102 Å². The summed E-state index contributed by atoms with van der Waals surface area (Å²) in [5.74, 6) is 0. The molecule has 0 aromatic heterocycles. The Morgan fingerprint density at radius 2 is 1.67 bits per heavy atom. The Morgan fingerprint density at radius 3 is 2.12 bits per heavy atom. The van der Waals surface area contributed by atoms with E-state index in [1.54, 1.807) is 10.8 Å². The lowest BCUT2D eigenvalue weighted by Gasteiger charge is -2.54. The fourth-order valence-electron chi connectivity index (χ4n) is 4.13. The summed E-state index contributed by atoms with van der Waals surface area (Å²) in [5, 5.41) is 1.66. The Hall–Kier alpha value is -0.256. The topological polar surface area (TPSA) is 0 Å². The zero-order chi connectivity index (χ0) is 18.4. The quantitative estimate of drug-likeness (QED) is 0.464. The standard InChI is InChI=1S/C21H36SSi2/c1-17-14-15-21(22-23(5,6)7,19(16-17)20(2,3)4)24(8,9)18-12-10-11-13-18/h10,12-14,16H,11,15H2,1-9H3. The number of hydrogen-bond acceptors (Lipinski definition) is 1. The van der Waals surface area contributed by atoms with Gasteiger partial charge in [0.05, 0.1) is 0 Å². The molecular formula is C21H36SSi2. The van der Waals surface area contributed by atoms with Gasteiger partial charge in [0.25, 0.3) is 0 Å². The van der Waals surface area contributed by atoms with Crippen LogP contribution in [0.25, 0.3) is 0 Å². The molecule has 134 valence electrons.